The number of hydrogen-bond donors (Lipinski definition) is 1. The first-order chi connectivity index (χ1) is 8.84. The zero-order chi connectivity index (χ0) is 14.3. The van der Waals surface area contributed by atoms with Crippen LogP contribution in [-0.4, -0.2) is 15.6 Å². The maximum Gasteiger partial charge on any atom is 0.339 e. The van der Waals surface area contributed by atoms with E-state index in [0.717, 1.165) is 22.0 Å². The highest BCUT2D eigenvalue weighted by Gasteiger charge is 2.22. The lowest BCUT2D eigenvalue weighted by molar-refractivity contribution is 0.0699. The highest BCUT2D eigenvalue weighted by atomic mass is 35.5. The number of hydrogen-bond acceptors (Lipinski definition) is 1. The van der Waals surface area contributed by atoms with Crippen LogP contribution in [0.15, 0.2) is 12.1 Å². The highest BCUT2D eigenvalue weighted by Crippen LogP contribution is 2.34. The van der Waals surface area contributed by atoms with Gasteiger partial charge in [0.2, 0.25) is 0 Å². The number of nitrogens with zero attached hydrogens (tertiary/aromatic N) is 1. The number of fused-ring (bicyclic) bond motifs is 1. The van der Waals surface area contributed by atoms with Gasteiger partial charge in [-0.3, -0.25) is 0 Å². The van der Waals surface area contributed by atoms with E-state index in [-0.39, 0.29) is 5.56 Å². The lowest BCUT2D eigenvalue weighted by Gasteiger charge is -2.12. The van der Waals surface area contributed by atoms with E-state index in [2.05, 4.69) is 13.8 Å². The minimum atomic E-state index is -0.972. The van der Waals surface area contributed by atoms with Gasteiger partial charge in [0.05, 0.1) is 5.52 Å². The van der Waals surface area contributed by atoms with Gasteiger partial charge in [-0.05, 0) is 30.9 Å². The number of benzene rings is 1. The Bertz CT molecular complexity index is 656. The van der Waals surface area contributed by atoms with Crippen molar-refractivity contribution in [2.24, 2.45) is 5.92 Å². The van der Waals surface area contributed by atoms with Crippen molar-refractivity contribution in [2.45, 2.75) is 34.2 Å². The van der Waals surface area contributed by atoms with E-state index >= 15 is 0 Å². The second-order valence-corrected chi connectivity index (χ2v) is 5.74. The standard InChI is InChI=1S/C15H18ClNO2/c1-8(2)7-17-13-10(4)9(3)5-6-11(13)12(14(17)16)15(18)19/h5-6,8H,7H2,1-4H3,(H,18,19). The zero-order valence-corrected chi connectivity index (χ0v) is 12.4. The summed E-state index contributed by atoms with van der Waals surface area (Å²) >= 11 is 6.30. The van der Waals surface area contributed by atoms with Crippen LogP contribution in [-0.2, 0) is 6.54 Å². The Morgan fingerprint density at radius 3 is 2.53 bits per heavy atom. The largest absolute Gasteiger partial charge is 0.478 e. The van der Waals surface area contributed by atoms with Gasteiger partial charge < -0.3 is 9.67 Å². The second-order valence-electron chi connectivity index (χ2n) is 5.38. The lowest BCUT2D eigenvalue weighted by Crippen LogP contribution is -2.06. The molecular formula is C15H18ClNO2. The molecule has 0 fully saturated rings. The molecule has 1 aromatic heterocycles. The molecule has 2 aromatic rings. The summed E-state index contributed by atoms with van der Waals surface area (Å²) < 4.78 is 1.92. The van der Waals surface area contributed by atoms with E-state index in [9.17, 15) is 9.90 Å². The average Bonchev–Trinajstić information content (AvgIpc) is 2.57. The number of carboxylic acids is 1. The predicted octanol–water partition coefficient (Wildman–Crippen LogP) is 4.27. The van der Waals surface area contributed by atoms with Crippen LogP contribution in [0.1, 0.15) is 35.3 Å². The number of aryl methyl sites for hydroxylation is 2. The van der Waals surface area contributed by atoms with Crippen LogP contribution in [0.3, 0.4) is 0 Å². The van der Waals surface area contributed by atoms with Crippen LogP contribution in [0.4, 0.5) is 0 Å². The van der Waals surface area contributed by atoms with Gasteiger partial charge in [0.25, 0.3) is 0 Å². The fourth-order valence-corrected chi connectivity index (χ4v) is 2.77. The van der Waals surface area contributed by atoms with Crippen molar-refractivity contribution in [1.29, 1.82) is 0 Å². The van der Waals surface area contributed by atoms with Gasteiger partial charge in [0, 0.05) is 11.9 Å². The molecule has 4 heteroatoms. The summed E-state index contributed by atoms with van der Waals surface area (Å²) in [5.41, 5.74) is 3.38. The van der Waals surface area contributed by atoms with E-state index < -0.39 is 5.97 Å². The van der Waals surface area contributed by atoms with Crippen molar-refractivity contribution in [3.8, 4) is 0 Å². The average molecular weight is 280 g/mol. The van der Waals surface area contributed by atoms with Gasteiger partial charge in [-0.15, -0.1) is 0 Å². The molecule has 2 rings (SSSR count). The summed E-state index contributed by atoms with van der Waals surface area (Å²) in [4.78, 5) is 11.4. The number of halogens is 1. The Balaban J connectivity index is 2.89. The van der Waals surface area contributed by atoms with Crippen LogP contribution < -0.4 is 0 Å². The first kappa shape index (κ1) is 13.9. The van der Waals surface area contributed by atoms with Gasteiger partial charge in [-0.1, -0.05) is 37.6 Å². The summed E-state index contributed by atoms with van der Waals surface area (Å²) in [6.45, 7) is 8.93. The summed E-state index contributed by atoms with van der Waals surface area (Å²) in [6.07, 6.45) is 0. The van der Waals surface area contributed by atoms with Gasteiger partial charge in [0.1, 0.15) is 10.7 Å². The summed E-state index contributed by atoms with van der Waals surface area (Å²) in [6, 6.07) is 3.80. The molecule has 1 aromatic carbocycles. The molecule has 0 aliphatic carbocycles. The quantitative estimate of drug-likeness (QED) is 0.912. The second kappa shape index (κ2) is 4.89. The number of carboxylic acid groups (broad SMARTS) is 1. The van der Waals surface area contributed by atoms with E-state index in [1.54, 1.807) is 0 Å². The molecule has 102 valence electrons. The summed E-state index contributed by atoms with van der Waals surface area (Å²) in [5, 5.41) is 10.4. The van der Waals surface area contributed by atoms with E-state index in [1.165, 1.54) is 0 Å². The first-order valence-electron chi connectivity index (χ1n) is 6.35. The molecule has 19 heavy (non-hydrogen) atoms. The van der Waals surface area contributed by atoms with Crippen LogP contribution in [0, 0.1) is 19.8 Å². The number of aromatic carboxylic acids is 1. The zero-order valence-electron chi connectivity index (χ0n) is 11.6. The molecule has 0 radical (unpaired) electrons. The maximum atomic E-state index is 11.4. The molecular weight excluding hydrogens is 262 g/mol. The molecule has 3 nitrogen and oxygen atoms in total. The van der Waals surface area contributed by atoms with E-state index in [4.69, 9.17) is 11.6 Å². The third kappa shape index (κ3) is 2.23. The minimum absolute atomic E-state index is 0.209. The third-order valence-corrected chi connectivity index (χ3v) is 3.84. The number of rotatable bonds is 3. The molecule has 1 N–H and O–H groups in total. The van der Waals surface area contributed by atoms with Gasteiger partial charge >= 0.3 is 5.97 Å². The summed E-state index contributed by atoms with van der Waals surface area (Å²) in [7, 11) is 0. The molecule has 0 saturated carbocycles. The van der Waals surface area contributed by atoms with Crippen molar-refractivity contribution in [2.75, 3.05) is 0 Å². The first-order valence-corrected chi connectivity index (χ1v) is 6.73. The predicted molar refractivity (Wildman–Crippen MR) is 78.2 cm³/mol. The Morgan fingerprint density at radius 2 is 2.00 bits per heavy atom. The van der Waals surface area contributed by atoms with Crippen molar-refractivity contribution in [1.82, 2.24) is 4.57 Å². The van der Waals surface area contributed by atoms with Crippen LogP contribution >= 0.6 is 11.6 Å². The Kier molecular flexibility index (Phi) is 3.59. The number of aromatic nitrogens is 1. The Labute approximate surface area is 117 Å². The monoisotopic (exact) mass is 279 g/mol. The fraction of sp³-hybridized carbons (Fsp3) is 0.400. The molecule has 0 atom stereocenters. The molecule has 0 spiro atoms. The highest BCUT2D eigenvalue weighted by molar-refractivity contribution is 6.35. The van der Waals surface area contributed by atoms with Crippen molar-refractivity contribution < 1.29 is 9.90 Å². The molecule has 0 aliphatic rings. The fourth-order valence-electron chi connectivity index (χ4n) is 2.43. The van der Waals surface area contributed by atoms with Gasteiger partial charge in [-0.2, -0.15) is 0 Å². The SMILES string of the molecule is Cc1ccc2c(C(=O)O)c(Cl)n(CC(C)C)c2c1C. The molecule has 1 heterocycles. The van der Waals surface area contributed by atoms with E-state index in [0.29, 0.717) is 17.6 Å². The molecule has 0 amide bonds. The van der Waals surface area contributed by atoms with Crippen LogP contribution in [0.5, 0.6) is 0 Å². The normalized spacial score (nSPS) is 11.5. The van der Waals surface area contributed by atoms with Crippen molar-refractivity contribution >= 4 is 28.5 Å². The smallest absolute Gasteiger partial charge is 0.339 e. The van der Waals surface area contributed by atoms with Gasteiger partial charge in [-0.25, -0.2) is 4.79 Å². The lowest BCUT2D eigenvalue weighted by atomic mass is 10.0. The minimum Gasteiger partial charge on any atom is -0.478 e. The van der Waals surface area contributed by atoms with Gasteiger partial charge in [0.15, 0.2) is 0 Å². The van der Waals surface area contributed by atoms with Crippen molar-refractivity contribution in [3.63, 3.8) is 0 Å². The summed E-state index contributed by atoms with van der Waals surface area (Å²) in [5.74, 6) is -0.574. The molecule has 0 unspecified atom stereocenters. The molecule has 0 aliphatic heterocycles. The Morgan fingerprint density at radius 1 is 1.37 bits per heavy atom. The van der Waals surface area contributed by atoms with Crippen molar-refractivity contribution in [3.05, 3.63) is 34.0 Å². The molecule has 0 saturated heterocycles. The topological polar surface area (TPSA) is 42.2 Å². The molecule has 0 bridgehead atoms. The maximum absolute atomic E-state index is 11.4. The number of carbonyl (C=O) groups is 1. The third-order valence-electron chi connectivity index (χ3n) is 3.45. The van der Waals surface area contributed by atoms with Crippen LogP contribution in [0.2, 0.25) is 5.15 Å². The van der Waals surface area contributed by atoms with E-state index in [1.807, 2.05) is 30.5 Å². The Hall–Kier alpha value is -1.48. The van der Waals surface area contributed by atoms with Crippen LogP contribution in [0.25, 0.3) is 10.9 Å².